The fourth-order valence-electron chi connectivity index (χ4n) is 9.20. The first-order chi connectivity index (χ1) is 25.7. The highest BCUT2D eigenvalue weighted by Crippen LogP contribution is 2.35. The second-order valence-electron chi connectivity index (χ2n) is 15.3. The Bertz CT molecular complexity index is 2090. The van der Waals surface area contributed by atoms with E-state index in [0.29, 0.717) is 47.8 Å². The lowest BCUT2D eigenvalue weighted by atomic mass is 9.84. The maximum absolute atomic E-state index is 13.6. The molecular formula is C41H48N8O4. The molecule has 8 rings (SSSR count). The van der Waals surface area contributed by atoms with Crippen LogP contribution in [0.3, 0.4) is 0 Å². The van der Waals surface area contributed by atoms with Crippen LogP contribution in [0.5, 0.6) is 0 Å². The molecule has 1 unspecified atom stereocenters. The third-order valence-electron chi connectivity index (χ3n) is 12.1. The van der Waals surface area contributed by atoms with Crippen LogP contribution in [0, 0.1) is 6.92 Å². The quantitative estimate of drug-likeness (QED) is 0.167. The third-order valence-corrected chi connectivity index (χ3v) is 12.1. The van der Waals surface area contributed by atoms with E-state index in [1.54, 1.807) is 17.7 Å². The van der Waals surface area contributed by atoms with Crippen LogP contribution in [-0.4, -0.2) is 74.2 Å². The van der Waals surface area contributed by atoms with Crippen molar-refractivity contribution in [1.29, 1.82) is 0 Å². The standard InChI is InChI=1S/C41H48N8O4/c1-25-34-24-43-41(46-38(34)49(31-8-3-4-9-31)40(53)37(25)26(2)50)44-35-12-10-32(23-42-35)48-20-16-30(17-21-48)47-18-14-27(15-19-47)28-6-5-7-29(22-28)33-11-13-36(51)45-39(33)52/h5-7,10,12,22-24,27,30-31,33H,3-4,8-9,11,13-21H2,1-2H3,(H,45,51,52)(H,42,43,44,46). The van der Waals surface area contributed by atoms with Crippen LogP contribution in [-0.2, 0) is 9.59 Å². The van der Waals surface area contributed by atoms with Crippen LogP contribution in [0.4, 0.5) is 17.5 Å². The number of nitrogens with one attached hydrogen (secondary N) is 2. The molecule has 3 saturated heterocycles. The van der Waals surface area contributed by atoms with E-state index in [1.165, 1.54) is 12.5 Å². The lowest BCUT2D eigenvalue weighted by Crippen LogP contribution is -2.47. The molecule has 4 aromatic rings. The Morgan fingerprint density at radius 2 is 1.60 bits per heavy atom. The first kappa shape index (κ1) is 35.1. The maximum Gasteiger partial charge on any atom is 0.263 e. The van der Waals surface area contributed by atoms with Gasteiger partial charge in [0, 0.05) is 43.2 Å². The lowest BCUT2D eigenvalue weighted by Gasteiger charge is -2.42. The van der Waals surface area contributed by atoms with Gasteiger partial charge in [-0.25, -0.2) is 9.97 Å². The van der Waals surface area contributed by atoms with Gasteiger partial charge in [-0.05, 0) is 107 Å². The second-order valence-corrected chi connectivity index (χ2v) is 15.3. The number of benzene rings is 1. The number of pyridine rings is 2. The highest BCUT2D eigenvalue weighted by Gasteiger charge is 2.32. The second kappa shape index (κ2) is 14.8. The number of amides is 2. The number of hydrogen-bond acceptors (Lipinski definition) is 10. The van der Waals surface area contributed by atoms with Crippen molar-refractivity contribution in [2.45, 2.75) is 102 Å². The summed E-state index contributed by atoms with van der Waals surface area (Å²) in [7, 11) is 0. The van der Waals surface area contributed by atoms with Crippen molar-refractivity contribution >= 4 is 46.1 Å². The normalized spacial score (nSPS) is 20.9. The fourth-order valence-corrected chi connectivity index (χ4v) is 9.20. The van der Waals surface area contributed by atoms with Crippen LogP contribution in [0.1, 0.15) is 116 Å². The predicted molar refractivity (Wildman–Crippen MR) is 204 cm³/mol. The topological polar surface area (TPSA) is 142 Å². The van der Waals surface area contributed by atoms with Crippen molar-refractivity contribution in [2.75, 3.05) is 36.4 Å². The van der Waals surface area contributed by atoms with Gasteiger partial charge in [-0.15, -0.1) is 0 Å². The molecule has 2 N–H and O–H groups in total. The van der Waals surface area contributed by atoms with Crippen LogP contribution in [0.25, 0.3) is 11.0 Å². The minimum atomic E-state index is -0.260. The van der Waals surface area contributed by atoms with Gasteiger partial charge in [-0.2, -0.15) is 4.98 Å². The molecule has 1 atom stereocenters. The van der Waals surface area contributed by atoms with Gasteiger partial charge in [-0.3, -0.25) is 29.1 Å². The van der Waals surface area contributed by atoms with Gasteiger partial charge < -0.3 is 15.1 Å². The number of fused-ring (bicyclic) bond motifs is 1. The fraction of sp³-hybridized carbons (Fsp3) is 0.488. The van der Waals surface area contributed by atoms with E-state index in [0.717, 1.165) is 94.2 Å². The molecule has 4 aliphatic rings. The van der Waals surface area contributed by atoms with E-state index < -0.39 is 0 Å². The Hall–Kier alpha value is -4.97. The molecule has 1 aromatic carbocycles. The summed E-state index contributed by atoms with van der Waals surface area (Å²) in [6, 6.07) is 13.1. The average Bonchev–Trinajstić information content (AvgIpc) is 3.70. The molecule has 6 heterocycles. The Kier molecular flexibility index (Phi) is 9.80. The Balaban J connectivity index is 0.869. The van der Waals surface area contributed by atoms with Crippen molar-refractivity contribution < 1.29 is 14.4 Å². The van der Waals surface area contributed by atoms with Gasteiger partial charge >= 0.3 is 0 Å². The number of imide groups is 1. The Morgan fingerprint density at radius 3 is 2.30 bits per heavy atom. The summed E-state index contributed by atoms with van der Waals surface area (Å²) in [6.07, 6.45) is 12.9. The van der Waals surface area contributed by atoms with E-state index in [1.807, 2.05) is 18.3 Å². The molecule has 12 nitrogen and oxygen atoms in total. The number of rotatable bonds is 8. The number of Topliss-reactive ketones (excluding diaryl/α,β-unsaturated/α-hetero) is 1. The molecule has 1 saturated carbocycles. The van der Waals surface area contributed by atoms with E-state index in [2.05, 4.69) is 49.7 Å². The number of likely N-dealkylation sites (tertiary alicyclic amines) is 1. The molecular weight excluding hydrogens is 669 g/mol. The molecule has 12 heteroatoms. The number of carbonyl (C=O) groups is 3. The molecule has 0 radical (unpaired) electrons. The minimum Gasteiger partial charge on any atom is -0.370 e. The number of aryl methyl sites for hydroxylation is 1. The summed E-state index contributed by atoms with van der Waals surface area (Å²) in [4.78, 5) is 69.2. The molecule has 0 spiro atoms. The monoisotopic (exact) mass is 716 g/mol. The van der Waals surface area contributed by atoms with Gasteiger partial charge in [-0.1, -0.05) is 37.1 Å². The van der Waals surface area contributed by atoms with Crippen molar-refractivity contribution in [3.8, 4) is 0 Å². The molecule has 2 amide bonds. The molecule has 276 valence electrons. The van der Waals surface area contributed by atoms with Crippen LogP contribution >= 0.6 is 0 Å². The molecule has 53 heavy (non-hydrogen) atoms. The molecule has 3 aromatic heterocycles. The largest absolute Gasteiger partial charge is 0.370 e. The summed E-state index contributed by atoms with van der Waals surface area (Å²) in [5, 5.41) is 6.46. The van der Waals surface area contributed by atoms with Crippen molar-refractivity contribution in [3.05, 3.63) is 81.4 Å². The summed E-state index contributed by atoms with van der Waals surface area (Å²) in [5.74, 6) is 0.658. The number of piperidine rings is 3. The van der Waals surface area contributed by atoms with E-state index in [-0.39, 0.29) is 40.7 Å². The number of aromatic nitrogens is 4. The van der Waals surface area contributed by atoms with Gasteiger partial charge in [0.1, 0.15) is 11.5 Å². The minimum absolute atomic E-state index is 0.0242. The highest BCUT2D eigenvalue weighted by molar-refractivity contribution is 6.01. The molecule has 4 fully saturated rings. The van der Waals surface area contributed by atoms with E-state index >= 15 is 0 Å². The van der Waals surface area contributed by atoms with E-state index in [9.17, 15) is 19.2 Å². The smallest absolute Gasteiger partial charge is 0.263 e. The summed E-state index contributed by atoms with van der Waals surface area (Å²) in [5.41, 5.74) is 4.57. The zero-order chi connectivity index (χ0) is 36.6. The zero-order valence-electron chi connectivity index (χ0n) is 30.6. The molecule has 0 bridgehead atoms. The van der Waals surface area contributed by atoms with Crippen molar-refractivity contribution in [3.63, 3.8) is 0 Å². The average molecular weight is 717 g/mol. The van der Waals surface area contributed by atoms with Crippen molar-refractivity contribution in [1.82, 2.24) is 29.7 Å². The van der Waals surface area contributed by atoms with Gasteiger partial charge in [0.05, 0.1) is 23.4 Å². The summed E-state index contributed by atoms with van der Waals surface area (Å²) >= 11 is 0. The highest BCUT2D eigenvalue weighted by atomic mass is 16.2. The van der Waals surface area contributed by atoms with Crippen molar-refractivity contribution in [2.24, 2.45) is 0 Å². The van der Waals surface area contributed by atoms with E-state index in [4.69, 9.17) is 9.97 Å². The van der Waals surface area contributed by atoms with Gasteiger partial charge in [0.2, 0.25) is 17.8 Å². The molecule has 3 aliphatic heterocycles. The van der Waals surface area contributed by atoms with Gasteiger partial charge in [0.25, 0.3) is 5.56 Å². The Labute approximate surface area is 309 Å². The summed E-state index contributed by atoms with van der Waals surface area (Å²) in [6.45, 7) is 7.34. The first-order valence-electron chi connectivity index (χ1n) is 19.3. The zero-order valence-corrected chi connectivity index (χ0v) is 30.6. The van der Waals surface area contributed by atoms with Gasteiger partial charge in [0.15, 0.2) is 5.78 Å². The Morgan fingerprint density at radius 1 is 0.849 bits per heavy atom. The van der Waals surface area contributed by atoms with Crippen LogP contribution in [0.15, 0.2) is 53.6 Å². The summed E-state index contributed by atoms with van der Waals surface area (Å²) < 4.78 is 1.73. The van der Waals surface area contributed by atoms with Crippen LogP contribution < -0.4 is 21.1 Å². The third kappa shape index (κ3) is 7.08. The molecule has 1 aliphatic carbocycles. The SMILES string of the molecule is CC(=O)c1c(C)c2cnc(Nc3ccc(N4CCC(N5CCC(c6cccc(C7CCC(=O)NC7=O)c6)CC5)CC4)cn3)nc2n(C2CCCC2)c1=O. The predicted octanol–water partition coefficient (Wildman–Crippen LogP) is 5.92. The number of hydrogen-bond donors (Lipinski definition) is 2. The number of anilines is 3. The lowest BCUT2D eigenvalue weighted by molar-refractivity contribution is -0.134. The number of carbonyl (C=O) groups excluding carboxylic acids is 3. The number of nitrogens with zero attached hydrogens (tertiary/aromatic N) is 6. The van der Waals surface area contributed by atoms with Crippen LogP contribution in [0.2, 0.25) is 0 Å². The number of ketones is 1. The maximum atomic E-state index is 13.6. The first-order valence-corrected chi connectivity index (χ1v) is 19.3.